The Morgan fingerprint density at radius 3 is 2.52 bits per heavy atom. The van der Waals surface area contributed by atoms with E-state index in [2.05, 4.69) is 4.98 Å². The molecule has 3 unspecified atom stereocenters. The zero-order valence-electron chi connectivity index (χ0n) is 23.5. The van der Waals surface area contributed by atoms with Gasteiger partial charge in [0.1, 0.15) is 17.6 Å². The molecule has 13 heteroatoms. The predicted octanol–water partition coefficient (Wildman–Crippen LogP) is 5.20. The van der Waals surface area contributed by atoms with Gasteiger partial charge in [-0.25, -0.2) is 9.69 Å². The van der Waals surface area contributed by atoms with E-state index >= 15 is 0 Å². The maximum atomic E-state index is 14.2. The van der Waals surface area contributed by atoms with Crippen LogP contribution in [-0.4, -0.2) is 39.5 Å². The maximum Gasteiger partial charge on any atom is 0.338 e. The molecule has 11 nitrogen and oxygen atoms in total. The molecule has 0 saturated carbocycles. The van der Waals surface area contributed by atoms with E-state index in [9.17, 15) is 29.3 Å². The van der Waals surface area contributed by atoms with E-state index in [1.54, 1.807) is 6.92 Å². The SMILES string of the molecule is CCOC(=O)c1ccc(N2C(=O)C3Sc4[nH]c(=O)sc4C(c4cc([N+](=O)[O-])ccc4OCc4cccc(C)c4)C3C2=O)cc1. The summed E-state index contributed by atoms with van der Waals surface area (Å²) in [6.45, 7) is 4.00. The number of benzene rings is 3. The number of carbonyl (C=O) groups excluding carboxylic acids is 3. The average molecular weight is 632 g/mol. The number of aromatic amines is 1. The lowest BCUT2D eigenvalue weighted by Gasteiger charge is -2.30. The van der Waals surface area contributed by atoms with Gasteiger partial charge in [-0.3, -0.25) is 24.5 Å². The molecule has 0 radical (unpaired) electrons. The van der Waals surface area contributed by atoms with E-state index in [4.69, 9.17) is 9.47 Å². The lowest BCUT2D eigenvalue weighted by Crippen LogP contribution is -2.32. The number of hydrogen-bond acceptors (Lipinski definition) is 10. The Kier molecular flexibility index (Phi) is 7.82. The van der Waals surface area contributed by atoms with E-state index in [1.807, 2.05) is 31.2 Å². The van der Waals surface area contributed by atoms with Crippen molar-refractivity contribution in [2.24, 2.45) is 5.92 Å². The van der Waals surface area contributed by atoms with Crippen LogP contribution in [0.1, 0.15) is 44.8 Å². The van der Waals surface area contributed by atoms with Gasteiger partial charge in [0.25, 0.3) is 5.69 Å². The minimum Gasteiger partial charge on any atom is -0.489 e. The van der Waals surface area contributed by atoms with Crippen molar-refractivity contribution < 1.29 is 28.8 Å². The number of amides is 2. The highest BCUT2D eigenvalue weighted by Crippen LogP contribution is 2.55. The molecule has 0 spiro atoms. The molecule has 2 aliphatic rings. The fraction of sp³-hybridized carbons (Fsp3) is 0.226. The number of imide groups is 1. The van der Waals surface area contributed by atoms with E-state index in [1.165, 1.54) is 42.5 Å². The molecule has 6 rings (SSSR count). The van der Waals surface area contributed by atoms with Crippen molar-refractivity contribution in [1.82, 2.24) is 4.98 Å². The number of rotatable bonds is 8. The molecule has 4 aromatic rings. The van der Waals surface area contributed by atoms with E-state index in [-0.39, 0.29) is 35.0 Å². The summed E-state index contributed by atoms with van der Waals surface area (Å²) in [7, 11) is 0. The predicted molar refractivity (Wildman–Crippen MR) is 163 cm³/mol. The van der Waals surface area contributed by atoms with Gasteiger partial charge in [-0.2, -0.15) is 0 Å². The number of thioether (sulfide) groups is 1. The topological polar surface area (TPSA) is 149 Å². The molecule has 0 bridgehead atoms. The molecular weight excluding hydrogens is 606 g/mol. The van der Waals surface area contributed by atoms with Crippen molar-refractivity contribution in [1.29, 1.82) is 0 Å². The molecular formula is C31H25N3O8S2. The van der Waals surface area contributed by atoms with Gasteiger partial charge in [-0.05, 0) is 49.7 Å². The number of aromatic nitrogens is 1. The summed E-state index contributed by atoms with van der Waals surface area (Å²) in [6, 6.07) is 17.8. The van der Waals surface area contributed by atoms with Crippen LogP contribution >= 0.6 is 23.1 Å². The first-order chi connectivity index (χ1) is 21.2. The Morgan fingerprint density at radius 2 is 1.82 bits per heavy atom. The molecule has 2 aliphatic heterocycles. The van der Waals surface area contributed by atoms with Crippen LogP contribution in [-0.2, 0) is 20.9 Å². The number of aryl methyl sites for hydroxylation is 1. The first-order valence-electron chi connectivity index (χ1n) is 13.7. The fourth-order valence-electron chi connectivity index (χ4n) is 5.55. The highest BCUT2D eigenvalue weighted by atomic mass is 32.2. The van der Waals surface area contributed by atoms with Gasteiger partial charge in [-0.15, -0.1) is 0 Å². The van der Waals surface area contributed by atoms with Gasteiger partial charge in [0.2, 0.25) is 11.8 Å². The molecule has 44 heavy (non-hydrogen) atoms. The maximum absolute atomic E-state index is 14.2. The number of nitrogens with zero attached hydrogens (tertiary/aromatic N) is 2. The van der Waals surface area contributed by atoms with Crippen LogP contribution in [0.15, 0.2) is 76.6 Å². The third-order valence-corrected chi connectivity index (χ3v) is 9.88. The molecule has 0 aliphatic carbocycles. The largest absolute Gasteiger partial charge is 0.489 e. The van der Waals surface area contributed by atoms with Crippen molar-refractivity contribution in [2.75, 3.05) is 11.5 Å². The monoisotopic (exact) mass is 631 g/mol. The Morgan fingerprint density at radius 1 is 1.05 bits per heavy atom. The quantitative estimate of drug-likeness (QED) is 0.120. The third-order valence-electron chi connectivity index (χ3n) is 7.48. The third kappa shape index (κ3) is 5.28. The first-order valence-corrected chi connectivity index (χ1v) is 15.4. The Hall–Kier alpha value is -4.75. The van der Waals surface area contributed by atoms with E-state index in [0.717, 1.165) is 39.1 Å². The van der Waals surface area contributed by atoms with Gasteiger partial charge < -0.3 is 14.5 Å². The zero-order valence-corrected chi connectivity index (χ0v) is 25.1. The number of carbonyl (C=O) groups is 3. The van der Waals surface area contributed by atoms with Crippen LogP contribution in [0, 0.1) is 23.0 Å². The van der Waals surface area contributed by atoms with Crippen molar-refractivity contribution in [3.8, 4) is 5.75 Å². The molecule has 224 valence electrons. The number of nitrogens with one attached hydrogen (secondary N) is 1. The van der Waals surface area contributed by atoms with Gasteiger partial charge in [-0.1, -0.05) is 52.9 Å². The molecule has 3 atom stereocenters. The fourth-order valence-corrected chi connectivity index (χ4v) is 8.06. The number of thiazole rings is 1. The molecule has 1 aromatic heterocycles. The van der Waals surface area contributed by atoms with Gasteiger partial charge in [0, 0.05) is 28.5 Å². The number of anilines is 1. The summed E-state index contributed by atoms with van der Waals surface area (Å²) in [5.74, 6) is -3.11. The minimum atomic E-state index is -0.987. The van der Waals surface area contributed by atoms with Crippen LogP contribution < -0.4 is 14.5 Å². The highest BCUT2D eigenvalue weighted by molar-refractivity contribution is 8.00. The zero-order chi connectivity index (χ0) is 31.1. The van der Waals surface area contributed by atoms with Crippen LogP contribution in [0.5, 0.6) is 5.75 Å². The van der Waals surface area contributed by atoms with Crippen molar-refractivity contribution in [3.63, 3.8) is 0 Å². The molecule has 3 heterocycles. The van der Waals surface area contributed by atoms with Crippen molar-refractivity contribution in [2.45, 2.75) is 36.6 Å². The number of H-pyrrole nitrogens is 1. The summed E-state index contributed by atoms with van der Waals surface area (Å²) >= 11 is 1.99. The summed E-state index contributed by atoms with van der Waals surface area (Å²) in [5, 5.41) is 11.4. The Balaban J connectivity index is 1.43. The summed E-state index contributed by atoms with van der Waals surface area (Å²) in [6.07, 6.45) is 0. The highest BCUT2D eigenvalue weighted by Gasteiger charge is 2.57. The minimum absolute atomic E-state index is 0.157. The van der Waals surface area contributed by atoms with E-state index < -0.39 is 39.8 Å². The summed E-state index contributed by atoms with van der Waals surface area (Å²) in [5.41, 5.74) is 2.57. The Bertz CT molecular complexity index is 1870. The summed E-state index contributed by atoms with van der Waals surface area (Å²) < 4.78 is 11.2. The average Bonchev–Trinajstić information content (AvgIpc) is 3.50. The van der Waals surface area contributed by atoms with Crippen LogP contribution in [0.3, 0.4) is 0 Å². The van der Waals surface area contributed by atoms with Crippen molar-refractivity contribution >= 4 is 52.3 Å². The van der Waals surface area contributed by atoms with Crippen LogP contribution in [0.25, 0.3) is 0 Å². The number of nitro groups is 1. The molecule has 1 N–H and O–H groups in total. The molecule has 1 saturated heterocycles. The first kappa shape index (κ1) is 29.3. The smallest absolute Gasteiger partial charge is 0.338 e. The Labute approximate surface area is 259 Å². The second kappa shape index (κ2) is 11.7. The van der Waals surface area contributed by atoms with Crippen LogP contribution in [0.2, 0.25) is 0 Å². The number of nitro benzene ring substituents is 1. The van der Waals surface area contributed by atoms with Gasteiger partial charge in [0.05, 0.1) is 33.7 Å². The molecule has 3 aromatic carbocycles. The lowest BCUT2D eigenvalue weighted by atomic mass is 9.82. The number of non-ortho nitro benzene ring substituents is 1. The van der Waals surface area contributed by atoms with Gasteiger partial charge in [0.15, 0.2) is 0 Å². The second-order valence-corrected chi connectivity index (χ2v) is 12.5. The number of esters is 1. The van der Waals surface area contributed by atoms with E-state index in [0.29, 0.717) is 21.2 Å². The second-order valence-electron chi connectivity index (χ2n) is 10.3. The molecule has 2 amide bonds. The standard InChI is InChI=1S/C31H25N3O8S2/c1-3-41-30(37)18-7-9-19(10-8-18)33-28(35)24-23(25-27(32-31(38)44-25)43-26(24)29(33)36)21-14-20(34(39)40)11-12-22(21)42-15-17-6-4-5-16(2)13-17/h4-14,23-24,26H,3,15H2,1-2H3,(H,32,38). The summed E-state index contributed by atoms with van der Waals surface area (Å²) in [4.78, 5) is 68.0. The van der Waals surface area contributed by atoms with Crippen LogP contribution in [0.4, 0.5) is 11.4 Å². The number of ether oxygens (including phenoxy) is 2. The van der Waals surface area contributed by atoms with Crippen molar-refractivity contribution in [3.05, 3.63) is 114 Å². The lowest BCUT2D eigenvalue weighted by molar-refractivity contribution is -0.385. The normalized spacial score (nSPS) is 19.0. The number of hydrogen-bond donors (Lipinski definition) is 1. The van der Waals surface area contributed by atoms with Gasteiger partial charge >= 0.3 is 10.8 Å². The molecule has 1 fully saturated rings. The number of fused-ring (bicyclic) bond motifs is 2.